The molecular weight excluding hydrogens is 196 g/mol. The first-order valence-corrected chi connectivity index (χ1v) is 6.44. The molecule has 3 nitrogen and oxygen atoms in total. The third-order valence-electron chi connectivity index (χ3n) is 2.37. The Bertz CT molecular complexity index is 185. The van der Waals surface area contributed by atoms with Gasteiger partial charge >= 0.3 is 0 Å². The summed E-state index contributed by atoms with van der Waals surface area (Å²) < 4.78 is 13.7. The van der Waals surface area contributed by atoms with Gasteiger partial charge in [0.2, 0.25) is 0 Å². The SMILES string of the molecule is CC[C@H](C)[C@H](N)S(=O)N(C)CC(C)C. The van der Waals surface area contributed by atoms with Crippen LogP contribution in [-0.4, -0.2) is 27.5 Å². The van der Waals surface area contributed by atoms with E-state index in [1.165, 1.54) is 0 Å². The fraction of sp³-hybridized carbons (Fsp3) is 1.00. The predicted octanol–water partition coefficient (Wildman–Crippen LogP) is 1.57. The van der Waals surface area contributed by atoms with Crippen molar-refractivity contribution in [1.29, 1.82) is 0 Å². The maximum absolute atomic E-state index is 11.9. The van der Waals surface area contributed by atoms with E-state index in [0.717, 1.165) is 13.0 Å². The van der Waals surface area contributed by atoms with Crippen LogP contribution in [0, 0.1) is 11.8 Å². The maximum Gasteiger partial charge on any atom is 0.112 e. The van der Waals surface area contributed by atoms with Gasteiger partial charge in [-0.1, -0.05) is 34.1 Å². The van der Waals surface area contributed by atoms with E-state index < -0.39 is 11.0 Å². The van der Waals surface area contributed by atoms with Gasteiger partial charge in [-0.2, -0.15) is 0 Å². The van der Waals surface area contributed by atoms with Crippen LogP contribution in [0.15, 0.2) is 0 Å². The van der Waals surface area contributed by atoms with Crippen molar-refractivity contribution >= 4 is 11.0 Å². The molecule has 0 aliphatic carbocycles. The summed E-state index contributed by atoms with van der Waals surface area (Å²) >= 11 is 0. The van der Waals surface area contributed by atoms with Gasteiger partial charge in [0.25, 0.3) is 0 Å². The number of nitrogens with two attached hydrogens (primary N) is 1. The van der Waals surface area contributed by atoms with Gasteiger partial charge in [0.15, 0.2) is 0 Å². The molecule has 0 amide bonds. The Kier molecular flexibility index (Phi) is 6.57. The lowest BCUT2D eigenvalue weighted by Crippen LogP contribution is -2.41. The molecule has 3 atom stereocenters. The highest BCUT2D eigenvalue weighted by Crippen LogP contribution is 2.11. The van der Waals surface area contributed by atoms with E-state index in [1.807, 2.05) is 18.3 Å². The van der Waals surface area contributed by atoms with Crippen molar-refractivity contribution in [1.82, 2.24) is 4.31 Å². The third-order valence-corrected chi connectivity index (χ3v) is 4.06. The summed E-state index contributed by atoms with van der Waals surface area (Å²) in [5.74, 6) is 0.832. The van der Waals surface area contributed by atoms with E-state index in [2.05, 4.69) is 20.8 Å². The Labute approximate surface area is 90.6 Å². The molecule has 0 radical (unpaired) electrons. The summed E-state index contributed by atoms with van der Waals surface area (Å²) in [6.45, 7) is 9.18. The van der Waals surface area contributed by atoms with E-state index >= 15 is 0 Å². The van der Waals surface area contributed by atoms with Gasteiger partial charge in [-0.05, 0) is 18.9 Å². The second-order valence-corrected chi connectivity index (χ2v) is 6.05. The standard InChI is InChI=1S/C10H24N2OS/c1-6-9(4)10(11)14(13)12(5)7-8(2)3/h8-10H,6-7,11H2,1-5H3/t9-,10+,14?/m0/s1. The van der Waals surface area contributed by atoms with E-state index in [0.29, 0.717) is 11.8 Å². The van der Waals surface area contributed by atoms with Gasteiger partial charge in [0.05, 0.1) is 5.37 Å². The van der Waals surface area contributed by atoms with Crippen LogP contribution in [0.5, 0.6) is 0 Å². The summed E-state index contributed by atoms with van der Waals surface area (Å²) in [5.41, 5.74) is 5.91. The van der Waals surface area contributed by atoms with Crippen molar-refractivity contribution in [3.63, 3.8) is 0 Å². The third kappa shape index (κ3) is 4.53. The molecule has 86 valence electrons. The van der Waals surface area contributed by atoms with Crippen LogP contribution in [0.4, 0.5) is 0 Å². The minimum absolute atomic E-state index is 0.233. The van der Waals surface area contributed by atoms with Gasteiger partial charge in [0.1, 0.15) is 11.0 Å². The van der Waals surface area contributed by atoms with Crippen molar-refractivity contribution in [3.8, 4) is 0 Å². The Morgan fingerprint density at radius 1 is 1.36 bits per heavy atom. The van der Waals surface area contributed by atoms with Gasteiger partial charge in [-0.25, -0.2) is 8.51 Å². The molecule has 0 aromatic carbocycles. The molecule has 2 N–H and O–H groups in total. The summed E-state index contributed by atoms with van der Waals surface area (Å²) in [5, 5.41) is -0.233. The fourth-order valence-electron chi connectivity index (χ4n) is 1.23. The Hall–Kier alpha value is 0.0700. The second-order valence-electron chi connectivity index (χ2n) is 4.33. The molecule has 0 aliphatic rings. The van der Waals surface area contributed by atoms with Gasteiger partial charge in [-0.3, -0.25) is 0 Å². The molecule has 0 heterocycles. The molecule has 14 heavy (non-hydrogen) atoms. The molecule has 0 aromatic heterocycles. The lowest BCUT2D eigenvalue weighted by molar-refractivity contribution is 0.427. The van der Waals surface area contributed by atoms with Crippen molar-refractivity contribution in [2.45, 2.75) is 39.5 Å². The summed E-state index contributed by atoms with van der Waals surface area (Å²) in [4.78, 5) is 0. The normalized spacial score (nSPS) is 18.6. The second kappa shape index (κ2) is 6.53. The van der Waals surface area contributed by atoms with Gasteiger partial charge in [0, 0.05) is 6.54 Å². The molecule has 0 rings (SSSR count). The molecule has 0 saturated carbocycles. The van der Waals surface area contributed by atoms with E-state index in [4.69, 9.17) is 5.73 Å². The van der Waals surface area contributed by atoms with Crippen molar-refractivity contribution in [2.24, 2.45) is 17.6 Å². The first kappa shape index (κ1) is 14.1. The Balaban J connectivity index is 4.17. The molecule has 0 spiro atoms. The van der Waals surface area contributed by atoms with Crippen LogP contribution in [0.3, 0.4) is 0 Å². The highest BCUT2D eigenvalue weighted by Gasteiger charge is 2.21. The average molecular weight is 220 g/mol. The predicted molar refractivity (Wildman–Crippen MR) is 63.0 cm³/mol. The first-order chi connectivity index (χ1) is 6.40. The summed E-state index contributed by atoms with van der Waals surface area (Å²) in [6, 6.07) is 0. The molecular formula is C10H24N2OS. The van der Waals surface area contributed by atoms with Crippen LogP contribution in [0.1, 0.15) is 34.1 Å². The molecule has 4 heteroatoms. The molecule has 0 saturated heterocycles. The highest BCUT2D eigenvalue weighted by molar-refractivity contribution is 7.83. The van der Waals surface area contributed by atoms with Crippen molar-refractivity contribution in [3.05, 3.63) is 0 Å². The number of rotatable bonds is 6. The first-order valence-electron chi connectivity index (χ1n) is 5.27. The number of hydrogen-bond donors (Lipinski definition) is 1. The average Bonchev–Trinajstić information content (AvgIpc) is 2.13. The van der Waals surface area contributed by atoms with Crippen molar-refractivity contribution in [2.75, 3.05) is 13.6 Å². The minimum Gasteiger partial charge on any atom is -0.316 e. The van der Waals surface area contributed by atoms with Gasteiger partial charge < -0.3 is 5.73 Å². The zero-order chi connectivity index (χ0) is 11.3. The van der Waals surface area contributed by atoms with E-state index in [9.17, 15) is 4.21 Å². The molecule has 0 aromatic rings. The Morgan fingerprint density at radius 2 is 1.86 bits per heavy atom. The lowest BCUT2D eigenvalue weighted by atomic mass is 10.1. The quantitative estimate of drug-likeness (QED) is 0.738. The van der Waals surface area contributed by atoms with Crippen LogP contribution in [0.25, 0.3) is 0 Å². The summed E-state index contributed by atoms with van der Waals surface area (Å²) in [6.07, 6.45) is 0.975. The Morgan fingerprint density at radius 3 is 2.21 bits per heavy atom. The lowest BCUT2D eigenvalue weighted by Gasteiger charge is -2.25. The van der Waals surface area contributed by atoms with Gasteiger partial charge in [-0.15, -0.1) is 0 Å². The number of nitrogens with zero attached hydrogens (tertiary/aromatic N) is 1. The largest absolute Gasteiger partial charge is 0.316 e. The minimum atomic E-state index is -1.05. The highest BCUT2D eigenvalue weighted by atomic mass is 32.2. The van der Waals surface area contributed by atoms with Crippen LogP contribution >= 0.6 is 0 Å². The van der Waals surface area contributed by atoms with Crippen LogP contribution < -0.4 is 5.73 Å². The topological polar surface area (TPSA) is 46.3 Å². The van der Waals surface area contributed by atoms with Crippen molar-refractivity contribution < 1.29 is 4.21 Å². The number of hydrogen-bond acceptors (Lipinski definition) is 2. The zero-order valence-corrected chi connectivity index (χ0v) is 10.8. The van der Waals surface area contributed by atoms with E-state index in [1.54, 1.807) is 0 Å². The molecule has 0 aliphatic heterocycles. The molecule has 0 fully saturated rings. The maximum atomic E-state index is 11.9. The van der Waals surface area contributed by atoms with E-state index in [-0.39, 0.29) is 5.37 Å². The van der Waals surface area contributed by atoms with Crippen LogP contribution in [-0.2, 0) is 11.0 Å². The van der Waals surface area contributed by atoms with Crippen LogP contribution in [0.2, 0.25) is 0 Å². The molecule has 0 bridgehead atoms. The smallest absolute Gasteiger partial charge is 0.112 e. The monoisotopic (exact) mass is 220 g/mol. The summed E-state index contributed by atoms with van der Waals surface area (Å²) in [7, 11) is 0.824. The fourth-order valence-corrected chi connectivity index (χ4v) is 2.68. The molecule has 1 unspecified atom stereocenters. The zero-order valence-electron chi connectivity index (χ0n) is 9.99.